The molecule has 1 atom stereocenters. The average Bonchev–Trinajstić information content (AvgIpc) is 3.21. The van der Waals surface area contributed by atoms with Crippen LogP contribution in [0.5, 0.6) is 0 Å². The molecule has 0 bridgehead atoms. The Labute approximate surface area is 199 Å². The molecule has 0 saturated heterocycles. The maximum absolute atomic E-state index is 12.9. The first-order valence-electron chi connectivity index (χ1n) is 9.94. The Balaban J connectivity index is 1.90. The molecular weight excluding hydrogens is 465 g/mol. The number of nitrogens with one attached hydrogen (secondary N) is 2. The highest BCUT2D eigenvalue weighted by Gasteiger charge is 2.32. The fourth-order valence-electron chi connectivity index (χ4n) is 3.80. The molecule has 4 rings (SSSR count). The van der Waals surface area contributed by atoms with Crippen molar-refractivity contribution in [2.45, 2.75) is 12.5 Å². The molecule has 2 heterocycles. The van der Waals surface area contributed by atoms with E-state index >= 15 is 0 Å². The number of hydrogen-bond donors (Lipinski definition) is 3. The van der Waals surface area contributed by atoms with Crippen LogP contribution in [-0.2, 0) is 4.79 Å². The van der Waals surface area contributed by atoms with Crippen LogP contribution in [0.25, 0.3) is 11.3 Å². The highest BCUT2D eigenvalue weighted by atomic mass is 35.5. The van der Waals surface area contributed by atoms with Gasteiger partial charge in [0, 0.05) is 23.4 Å². The van der Waals surface area contributed by atoms with Gasteiger partial charge >= 0.3 is 5.91 Å². The van der Waals surface area contributed by atoms with Crippen LogP contribution in [0.1, 0.15) is 28.4 Å². The van der Waals surface area contributed by atoms with Crippen LogP contribution < -0.4 is 16.5 Å². The highest BCUT2D eigenvalue weighted by molar-refractivity contribution is 6.42. The molecule has 168 valence electrons. The van der Waals surface area contributed by atoms with Crippen molar-refractivity contribution in [3.63, 3.8) is 0 Å². The van der Waals surface area contributed by atoms with E-state index in [0.29, 0.717) is 45.8 Å². The Bertz CT molecular complexity index is 1290. The summed E-state index contributed by atoms with van der Waals surface area (Å²) in [7, 11) is 0. The third-order valence-corrected chi connectivity index (χ3v) is 5.97. The molecule has 9 nitrogen and oxygen atoms in total. The molecule has 0 saturated carbocycles. The molecule has 3 aromatic rings. The molecule has 33 heavy (non-hydrogen) atoms. The van der Waals surface area contributed by atoms with Gasteiger partial charge in [0.2, 0.25) is 5.91 Å². The van der Waals surface area contributed by atoms with Gasteiger partial charge in [-0.05, 0) is 30.7 Å². The monoisotopic (exact) mass is 483 g/mol. The van der Waals surface area contributed by atoms with Gasteiger partial charge in [-0.2, -0.15) is 5.10 Å². The first kappa shape index (κ1) is 22.5. The summed E-state index contributed by atoms with van der Waals surface area (Å²) in [4.78, 5) is 24.8. The lowest BCUT2D eigenvalue weighted by Crippen LogP contribution is -2.26. The molecule has 1 aromatic heterocycles. The second kappa shape index (κ2) is 9.43. The van der Waals surface area contributed by atoms with E-state index in [1.807, 2.05) is 18.2 Å². The number of para-hydroxylation sites is 1. The summed E-state index contributed by atoms with van der Waals surface area (Å²) in [5.74, 6) is 4.63. The van der Waals surface area contributed by atoms with Crippen LogP contribution in [0.4, 0.5) is 11.5 Å². The summed E-state index contributed by atoms with van der Waals surface area (Å²) < 4.78 is 1.71. The number of carbonyl (C=O) groups is 2. The van der Waals surface area contributed by atoms with E-state index in [-0.39, 0.29) is 17.5 Å². The molecule has 1 aliphatic heterocycles. The lowest BCUT2D eigenvalue weighted by Gasteiger charge is -2.28. The average molecular weight is 484 g/mol. The van der Waals surface area contributed by atoms with Crippen LogP contribution in [0.2, 0.25) is 10.0 Å². The van der Waals surface area contributed by atoms with Gasteiger partial charge in [-0.1, -0.05) is 64.4 Å². The van der Waals surface area contributed by atoms with E-state index in [1.54, 1.807) is 28.9 Å². The molecule has 2 amide bonds. The summed E-state index contributed by atoms with van der Waals surface area (Å²) in [5, 5.41) is 18.2. The van der Waals surface area contributed by atoms with Gasteiger partial charge in [-0.25, -0.2) is 4.68 Å². The van der Waals surface area contributed by atoms with E-state index < -0.39 is 5.91 Å². The zero-order valence-corrected chi connectivity index (χ0v) is 18.8. The van der Waals surface area contributed by atoms with Crippen LogP contribution >= 0.6 is 23.2 Å². The topological polar surface area (TPSA) is 127 Å². The molecule has 0 spiro atoms. The normalized spacial score (nSPS) is 15.0. The number of nitrogens with zero attached hydrogens (tertiary/aromatic N) is 4. The number of halogens is 2. The van der Waals surface area contributed by atoms with Crippen molar-refractivity contribution < 1.29 is 9.59 Å². The Morgan fingerprint density at radius 2 is 2.03 bits per heavy atom. The summed E-state index contributed by atoms with van der Waals surface area (Å²) in [6, 6.07) is 12.1. The number of anilines is 2. The molecule has 2 aromatic carbocycles. The minimum Gasteiger partial charge on any atom is -0.369 e. The quantitative estimate of drug-likeness (QED) is 0.207. The van der Waals surface area contributed by atoms with E-state index in [9.17, 15) is 9.59 Å². The second-order valence-corrected chi connectivity index (χ2v) is 7.99. The number of carbonyl (C=O) groups excluding carboxylic acids is 2. The molecular formula is C22H19Cl2N7O2. The van der Waals surface area contributed by atoms with Crippen molar-refractivity contribution in [2.75, 3.05) is 17.2 Å². The molecule has 0 aliphatic carbocycles. The van der Waals surface area contributed by atoms with Gasteiger partial charge in [-0.3, -0.25) is 9.59 Å². The third-order valence-electron chi connectivity index (χ3n) is 5.23. The molecule has 1 unspecified atom stereocenters. The Kier molecular flexibility index (Phi) is 6.43. The Morgan fingerprint density at radius 1 is 1.24 bits per heavy atom. The second-order valence-electron chi connectivity index (χ2n) is 7.18. The van der Waals surface area contributed by atoms with Gasteiger partial charge in [0.05, 0.1) is 16.1 Å². The van der Waals surface area contributed by atoms with Crippen molar-refractivity contribution in [1.29, 1.82) is 0 Å². The first-order chi connectivity index (χ1) is 15.9. The van der Waals surface area contributed by atoms with Crippen molar-refractivity contribution in [3.8, 4) is 11.3 Å². The van der Waals surface area contributed by atoms with Gasteiger partial charge in [-0.15, -0.1) is 0 Å². The largest absolute Gasteiger partial charge is 0.369 e. The minimum atomic E-state index is -0.652. The van der Waals surface area contributed by atoms with E-state index in [0.717, 1.165) is 5.56 Å². The van der Waals surface area contributed by atoms with Gasteiger partial charge < -0.3 is 16.5 Å². The number of rotatable bonds is 5. The molecule has 4 N–H and O–H groups in total. The maximum Gasteiger partial charge on any atom is 0.303 e. The SMILES string of the molecule is C=CC(=O)Nc1ccccc1C1CCNc2c(C(=O)N=NN)c(-c3ccc(Cl)c(Cl)c3)nn21. The number of hydrogen-bond acceptors (Lipinski definition) is 5. The van der Waals surface area contributed by atoms with E-state index in [2.05, 4.69) is 27.6 Å². The zero-order valence-electron chi connectivity index (χ0n) is 17.3. The molecule has 11 heteroatoms. The number of nitrogens with two attached hydrogens (primary N) is 1. The number of fused-ring (bicyclic) bond motifs is 1. The van der Waals surface area contributed by atoms with E-state index in [1.165, 1.54) is 6.08 Å². The molecule has 1 aliphatic rings. The third kappa shape index (κ3) is 4.33. The number of aromatic nitrogens is 2. The summed E-state index contributed by atoms with van der Waals surface area (Å²) in [6.07, 6.45) is 1.86. The van der Waals surface area contributed by atoms with Crippen molar-refractivity contribution in [3.05, 3.63) is 76.3 Å². The molecule has 0 fully saturated rings. The van der Waals surface area contributed by atoms with Gasteiger partial charge in [0.15, 0.2) is 0 Å². The van der Waals surface area contributed by atoms with Crippen LogP contribution in [0, 0.1) is 0 Å². The lowest BCUT2D eigenvalue weighted by molar-refractivity contribution is -0.111. The summed E-state index contributed by atoms with van der Waals surface area (Å²) in [5.41, 5.74) is 2.60. The lowest BCUT2D eigenvalue weighted by atomic mass is 9.99. The first-order valence-corrected chi connectivity index (χ1v) is 10.7. The fraction of sp³-hybridized carbons (Fsp3) is 0.136. The van der Waals surface area contributed by atoms with Crippen LogP contribution in [0.15, 0.2) is 65.5 Å². The van der Waals surface area contributed by atoms with Crippen LogP contribution in [0.3, 0.4) is 0 Å². The smallest absolute Gasteiger partial charge is 0.303 e. The van der Waals surface area contributed by atoms with Gasteiger partial charge in [0.25, 0.3) is 0 Å². The minimum absolute atomic E-state index is 0.208. The fourth-order valence-corrected chi connectivity index (χ4v) is 4.10. The highest BCUT2D eigenvalue weighted by Crippen LogP contribution is 2.40. The summed E-state index contributed by atoms with van der Waals surface area (Å²) in [6.45, 7) is 4.06. The van der Waals surface area contributed by atoms with E-state index in [4.69, 9.17) is 34.1 Å². The van der Waals surface area contributed by atoms with Crippen molar-refractivity contribution >= 4 is 46.5 Å². The van der Waals surface area contributed by atoms with Crippen molar-refractivity contribution in [2.24, 2.45) is 16.2 Å². The predicted molar refractivity (Wildman–Crippen MR) is 128 cm³/mol. The van der Waals surface area contributed by atoms with Gasteiger partial charge in [0.1, 0.15) is 17.1 Å². The maximum atomic E-state index is 12.9. The Hall–Kier alpha value is -3.69. The zero-order chi connectivity index (χ0) is 23.5. The van der Waals surface area contributed by atoms with Crippen LogP contribution in [-0.4, -0.2) is 28.1 Å². The molecule has 0 radical (unpaired) electrons. The Morgan fingerprint density at radius 3 is 2.76 bits per heavy atom. The predicted octanol–water partition coefficient (Wildman–Crippen LogP) is 4.85. The number of amides is 2. The summed E-state index contributed by atoms with van der Waals surface area (Å²) >= 11 is 12.3. The van der Waals surface area contributed by atoms with Crippen molar-refractivity contribution in [1.82, 2.24) is 9.78 Å². The standard InChI is InChI=1S/C22H19Cl2N7O2/c1-2-18(32)27-16-6-4-3-5-13(16)17-9-10-26-21-19(22(33)28-30-25)20(29-31(17)21)12-7-8-14(23)15(24)11-12/h2-8,11,17,26H,1,9-10H2,(H,27,32)(H2,25,28,33). The number of benzene rings is 2.